The molecule has 0 saturated heterocycles. The summed E-state index contributed by atoms with van der Waals surface area (Å²) in [5, 5.41) is 5.04. The van der Waals surface area contributed by atoms with Crippen LogP contribution in [-0.2, 0) is 11.3 Å². The zero-order valence-electron chi connectivity index (χ0n) is 14.6. The minimum atomic E-state index is -0.487. The largest absolute Gasteiger partial charge is 0.376 e. The highest BCUT2D eigenvalue weighted by Gasteiger charge is 2.13. The first-order valence-corrected chi connectivity index (χ1v) is 10.5. The molecule has 27 heavy (non-hydrogen) atoms. The van der Waals surface area contributed by atoms with Gasteiger partial charge in [-0.2, -0.15) is 11.8 Å². The lowest BCUT2D eigenvalue weighted by atomic mass is 10.1. The summed E-state index contributed by atoms with van der Waals surface area (Å²) in [7, 11) is 0. The van der Waals surface area contributed by atoms with Gasteiger partial charge in [-0.05, 0) is 24.0 Å². The number of aromatic nitrogens is 2. The van der Waals surface area contributed by atoms with Crippen LogP contribution in [0.15, 0.2) is 48.0 Å². The van der Waals surface area contributed by atoms with Crippen LogP contribution in [0.25, 0.3) is 11.3 Å². The molecule has 0 radical (unpaired) electrons. The Hall–Kier alpha value is -2.29. The van der Waals surface area contributed by atoms with Gasteiger partial charge in [0.2, 0.25) is 0 Å². The van der Waals surface area contributed by atoms with Crippen molar-refractivity contribution in [2.24, 2.45) is 0 Å². The number of amides is 1. The van der Waals surface area contributed by atoms with Crippen LogP contribution in [0.4, 0.5) is 9.52 Å². The number of hydrogen-bond donors (Lipinski definition) is 1. The standard InChI is InChI=1S/C19H18FN3O2S2/c1-26-9-8-25-11-13-4-2-3-5-15(13)17-12-27-19(22-17)23-18(24)16-7-6-14(20)10-21-16/h2-7,10,12H,8-9,11H2,1H3,(H,22,23,24). The predicted molar refractivity (Wildman–Crippen MR) is 108 cm³/mol. The van der Waals surface area contributed by atoms with Gasteiger partial charge in [0.1, 0.15) is 11.5 Å². The second-order valence-electron chi connectivity index (χ2n) is 5.56. The Labute approximate surface area is 165 Å². The highest BCUT2D eigenvalue weighted by Crippen LogP contribution is 2.28. The zero-order chi connectivity index (χ0) is 19.1. The number of carbonyl (C=O) groups excluding carboxylic acids is 1. The summed E-state index contributed by atoms with van der Waals surface area (Å²) in [5.41, 5.74) is 2.92. The van der Waals surface area contributed by atoms with Crippen molar-refractivity contribution in [2.75, 3.05) is 23.9 Å². The predicted octanol–water partition coefficient (Wildman–Crippen LogP) is 4.48. The van der Waals surface area contributed by atoms with Crippen LogP contribution in [0.2, 0.25) is 0 Å². The molecule has 0 unspecified atom stereocenters. The Bertz CT molecular complexity index is 900. The maximum Gasteiger partial charge on any atom is 0.276 e. The van der Waals surface area contributed by atoms with Crippen LogP contribution < -0.4 is 5.32 Å². The molecule has 0 fully saturated rings. The number of anilines is 1. The number of hydrogen-bond acceptors (Lipinski definition) is 6. The Morgan fingerprint density at radius 2 is 2.15 bits per heavy atom. The fourth-order valence-corrected chi connectivity index (χ4v) is 3.34. The summed E-state index contributed by atoms with van der Waals surface area (Å²) >= 11 is 3.07. The first kappa shape index (κ1) is 19.5. The highest BCUT2D eigenvalue weighted by molar-refractivity contribution is 7.98. The number of nitrogens with one attached hydrogen (secondary N) is 1. The van der Waals surface area contributed by atoms with E-state index in [-0.39, 0.29) is 5.69 Å². The maximum atomic E-state index is 12.9. The fraction of sp³-hybridized carbons (Fsp3) is 0.211. The van der Waals surface area contributed by atoms with Gasteiger partial charge in [-0.3, -0.25) is 10.1 Å². The quantitative estimate of drug-likeness (QED) is 0.562. The molecule has 1 aromatic carbocycles. The van der Waals surface area contributed by atoms with E-state index in [4.69, 9.17) is 4.74 Å². The van der Waals surface area contributed by atoms with Crippen molar-refractivity contribution in [3.05, 3.63) is 65.0 Å². The van der Waals surface area contributed by atoms with Crippen LogP contribution in [0.3, 0.4) is 0 Å². The average Bonchev–Trinajstić information content (AvgIpc) is 3.14. The lowest BCUT2D eigenvalue weighted by Crippen LogP contribution is -2.13. The van der Waals surface area contributed by atoms with E-state index < -0.39 is 11.7 Å². The fourth-order valence-electron chi connectivity index (χ4n) is 2.35. The summed E-state index contributed by atoms with van der Waals surface area (Å²) in [4.78, 5) is 20.5. The smallest absolute Gasteiger partial charge is 0.276 e. The van der Waals surface area contributed by atoms with Crippen LogP contribution >= 0.6 is 23.1 Å². The number of halogens is 1. The van der Waals surface area contributed by atoms with Gasteiger partial charge < -0.3 is 4.74 Å². The van der Waals surface area contributed by atoms with Gasteiger partial charge in [0, 0.05) is 16.7 Å². The molecule has 0 aliphatic carbocycles. The molecule has 5 nitrogen and oxygen atoms in total. The van der Waals surface area contributed by atoms with Gasteiger partial charge in [0.15, 0.2) is 5.13 Å². The van der Waals surface area contributed by atoms with Gasteiger partial charge in [0.25, 0.3) is 5.91 Å². The van der Waals surface area contributed by atoms with Gasteiger partial charge in [-0.15, -0.1) is 11.3 Å². The zero-order valence-corrected chi connectivity index (χ0v) is 16.3. The number of rotatable bonds is 8. The first-order valence-electron chi connectivity index (χ1n) is 8.21. The van der Waals surface area contributed by atoms with Crippen molar-refractivity contribution in [2.45, 2.75) is 6.61 Å². The molecule has 2 heterocycles. The minimum absolute atomic E-state index is 0.135. The number of pyridine rings is 1. The molecule has 1 N–H and O–H groups in total. The lowest BCUT2D eigenvalue weighted by Gasteiger charge is -2.08. The number of thiazole rings is 1. The molecule has 0 aliphatic heterocycles. The molecule has 0 bridgehead atoms. The van der Waals surface area contributed by atoms with Crippen LogP contribution in [0.5, 0.6) is 0 Å². The van der Waals surface area contributed by atoms with Gasteiger partial charge in [0.05, 0.1) is 25.1 Å². The van der Waals surface area contributed by atoms with Crippen LogP contribution in [-0.4, -0.2) is 34.5 Å². The summed E-state index contributed by atoms with van der Waals surface area (Å²) in [6.07, 6.45) is 3.05. The average molecular weight is 404 g/mol. The normalized spacial score (nSPS) is 10.7. The van der Waals surface area contributed by atoms with E-state index >= 15 is 0 Å². The molecule has 140 valence electrons. The van der Waals surface area contributed by atoms with Crippen LogP contribution in [0, 0.1) is 5.82 Å². The Morgan fingerprint density at radius 3 is 2.93 bits per heavy atom. The number of thioether (sulfide) groups is 1. The Kier molecular flexibility index (Phi) is 6.92. The number of benzene rings is 1. The van der Waals surface area contributed by atoms with E-state index in [0.29, 0.717) is 18.3 Å². The molecular weight excluding hydrogens is 385 g/mol. The Balaban J connectivity index is 1.70. The SMILES string of the molecule is CSCCOCc1ccccc1-c1csc(NC(=O)c2ccc(F)cn2)n1. The summed E-state index contributed by atoms with van der Waals surface area (Å²) in [6, 6.07) is 10.4. The molecule has 3 aromatic rings. The van der Waals surface area contributed by atoms with E-state index in [2.05, 4.69) is 15.3 Å². The van der Waals surface area contributed by atoms with Crippen molar-refractivity contribution in [1.82, 2.24) is 9.97 Å². The van der Waals surface area contributed by atoms with Crippen molar-refractivity contribution in [3.63, 3.8) is 0 Å². The van der Waals surface area contributed by atoms with E-state index in [1.165, 1.54) is 23.5 Å². The van der Waals surface area contributed by atoms with Crippen molar-refractivity contribution in [1.29, 1.82) is 0 Å². The third-order valence-corrected chi connectivity index (χ3v) is 5.00. The third-order valence-electron chi connectivity index (χ3n) is 3.67. The van der Waals surface area contributed by atoms with Gasteiger partial charge in [-0.1, -0.05) is 24.3 Å². The van der Waals surface area contributed by atoms with E-state index in [1.807, 2.05) is 35.9 Å². The molecule has 8 heteroatoms. The molecule has 1 amide bonds. The molecular formula is C19H18FN3O2S2. The number of nitrogens with zero attached hydrogens (tertiary/aromatic N) is 2. The summed E-state index contributed by atoms with van der Waals surface area (Å²) in [6.45, 7) is 1.20. The van der Waals surface area contributed by atoms with Crippen molar-refractivity contribution >= 4 is 34.1 Å². The molecule has 0 spiro atoms. The van der Waals surface area contributed by atoms with Crippen molar-refractivity contribution < 1.29 is 13.9 Å². The third kappa shape index (κ3) is 5.35. The molecule has 3 rings (SSSR count). The lowest BCUT2D eigenvalue weighted by molar-refractivity contribution is 0.102. The molecule has 0 atom stereocenters. The number of ether oxygens (including phenoxy) is 1. The first-order chi connectivity index (χ1) is 13.2. The van der Waals surface area contributed by atoms with Gasteiger partial charge >= 0.3 is 0 Å². The topological polar surface area (TPSA) is 64.1 Å². The second kappa shape index (κ2) is 9.59. The summed E-state index contributed by atoms with van der Waals surface area (Å²) in [5.74, 6) is 0.0379. The van der Waals surface area contributed by atoms with E-state index in [9.17, 15) is 9.18 Å². The molecule has 0 saturated carbocycles. The number of carbonyl (C=O) groups is 1. The summed E-state index contributed by atoms with van der Waals surface area (Å²) < 4.78 is 18.6. The highest BCUT2D eigenvalue weighted by atomic mass is 32.2. The monoisotopic (exact) mass is 403 g/mol. The molecule has 0 aliphatic rings. The molecule has 2 aromatic heterocycles. The minimum Gasteiger partial charge on any atom is -0.376 e. The second-order valence-corrected chi connectivity index (χ2v) is 7.40. The van der Waals surface area contributed by atoms with Gasteiger partial charge in [-0.25, -0.2) is 14.4 Å². The Morgan fingerprint density at radius 1 is 1.30 bits per heavy atom. The maximum absolute atomic E-state index is 12.9. The van der Waals surface area contributed by atoms with Crippen molar-refractivity contribution in [3.8, 4) is 11.3 Å². The van der Waals surface area contributed by atoms with Crippen LogP contribution in [0.1, 0.15) is 16.1 Å². The van der Waals surface area contributed by atoms with E-state index in [1.54, 1.807) is 11.8 Å². The van der Waals surface area contributed by atoms with E-state index in [0.717, 1.165) is 28.8 Å².